The van der Waals surface area contributed by atoms with Crippen LogP contribution in [0.3, 0.4) is 0 Å². The monoisotopic (exact) mass is 456 g/mol. The molecule has 9 heteroatoms. The summed E-state index contributed by atoms with van der Waals surface area (Å²) in [6.07, 6.45) is 3.03. The van der Waals surface area contributed by atoms with E-state index >= 15 is 0 Å². The molecule has 2 aliphatic rings. The fraction of sp³-hybridized carbons (Fsp3) is 0.318. The lowest BCUT2D eigenvalue weighted by atomic mass is 10.2. The predicted octanol–water partition coefficient (Wildman–Crippen LogP) is 4.83. The average Bonchev–Trinajstić information content (AvgIpc) is 3.57. The molecule has 0 saturated heterocycles. The second kappa shape index (κ2) is 8.80. The molecule has 1 N–H and O–H groups in total. The Morgan fingerprint density at radius 1 is 1.10 bits per heavy atom. The van der Waals surface area contributed by atoms with Crippen LogP contribution in [0.25, 0.3) is 11.4 Å². The Morgan fingerprint density at radius 3 is 2.65 bits per heavy atom. The summed E-state index contributed by atoms with van der Waals surface area (Å²) in [4.78, 5) is 12.4. The van der Waals surface area contributed by atoms with Crippen molar-refractivity contribution >= 4 is 35.0 Å². The van der Waals surface area contributed by atoms with E-state index in [1.165, 1.54) is 11.8 Å². The zero-order chi connectivity index (χ0) is 21.2. The molecule has 2 aromatic carbocycles. The lowest BCUT2D eigenvalue weighted by molar-refractivity contribution is -0.113. The molecule has 0 bridgehead atoms. The summed E-state index contributed by atoms with van der Waals surface area (Å²) in [7, 11) is 0. The number of aromatic nitrogens is 3. The third kappa shape index (κ3) is 4.65. The fourth-order valence-corrected chi connectivity index (χ4v) is 4.33. The highest BCUT2D eigenvalue weighted by Crippen LogP contribution is 2.42. The minimum atomic E-state index is -0.102. The fourth-order valence-electron chi connectivity index (χ4n) is 3.40. The van der Waals surface area contributed by atoms with E-state index in [2.05, 4.69) is 20.1 Å². The summed E-state index contributed by atoms with van der Waals surface area (Å²) in [5, 5.41) is 13.1. The van der Waals surface area contributed by atoms with Crippen molar-refractivity contribution in [2.75, 3.05) is 24.3 Å². The van der Waals surface area contributed by atoms with Crippen LogP contribution < -0.4 is 14.8 Å². The van der Waals surface area contributed by atoms with E-state index in [0.717, 1.165) is 47.3 Å². The molecule has 0 spiro atoms. The third-order valence-electron chi connectivity index (χ3n) is 5.04. The van der Waals surface area contributed by atoms with E-state index in [-0.39, 0.29) is 11.7 Å². The van der Waals surface area contributed by atoms with Gasteiger partial charge in [-0.25, -0.2) is 0 Å². The van der Waals surface area contributed by atoms with Crippen molar-refractivity contribution in [3.63, 3.8) is 0 Å². The van der Waals surface area contributed by atoms with E-state index in [9.17, 15) is 4.79 Å². The quantitative estimate of drug-likeness (QED) is 0.535. The second-order valence-electron chi connectivity index (χ2n) is 7.46. The highest BCUT2D eigenvalue weighted by molar-refractivity contribution is 7.99. The number of hydrogen-bond acceptors (Lipinski definition) is 6. The van der Waals surface area contributed by atoms with Gasteiger partial charge in [-0.15, -0.1) is 10.2 Å². The molecule has 0 unspecified atom stereocenters. The van der Waals surface area contributed by atoms with Crippen LogP contribution >= 0.6 is 23.4 Å². The molecule has 31 heavy (non-hydrogen) atoms. The molecule has 1 saturated carbocycles. The number of carbonyl (C=O) groups excluding carboxylic acids is 1. The zero-order valence-corrected chi connectivity index (χ0v) is 18.3. The van der Waals surface area contributed by atoms with Crippen molar-refractivity contribution in [1.29, 1.82) is 0 Å². The number of amides is 1. The van der Waals surface area contributed by atoms with Gasteiger partial charge in [0.1, 0.15) is 0 Å². The maximum atomic E-state index is 12.4. The number of rotatable bonds is 6. The Morgan fingerprint density at radius 2 is 1.87 bits per heavy atom. The van der Waals surface area contributed by atoms with Crippen LogP contribution in [-0.2, 0) is 4.79 Å². The number of hydrogen-bond donors (Lipinski definition) is 1. The predicted molar refractivity (Wildman–Crippen MR) is 120 cm³/mol. The van der Waals surface area contributed by atoms with E-state index in [1.807, 2.05) is 18.2 Å². The summed E-state index contributed by atoms with van der Waals surface area (Å²) in [5.74, 6) is 2.42. The van der Waals surface area contributed by atoms with E-state index in [0.29, 0.717) is 30.0 Å². The van der Waals surface area contributed by atoms with Crippen molar-refractivity contribution < 1.29 is 14.3 Å². The van der Waals surface area contributed by atoms with E-state index in [4.69, 9.17) is 21.1 Å². The number of nitrogens with one attached hydrogen (secondary N) is 1. The van der Waals surface area contributed by atoms with Gasteiger partial charge in [0.05, 0.1) is 19.0 Å². The van der Waals surface area contributed by atoms with Gasteiger partial charge in [-0.3, -0.25) is 9.36 Å². The number of thioether (sulfide) groups is 1. The molecule has 5 rings (SSSR count). The van der Waals surface area contributed by atoms with Crippen molar-refractivity contribution in [3.05, 3.63) is 47.5 Å². The molecule has 1 amide bonds. The van der Waals surface area contributed by atoms with Gasteiger partial charge in [-0.1, -0.05) is 23.4 Å². The van der Waals surface area contributed by atoms with Gasteiger partial charge >= 0.3 is 0 Å². The minimum absolute atomic E-state index is 0.102. The van der Waals surface area contributed by atoms with Crippen LogP contribution in [0.2, 0.25) is 5.02 Å². The van der Waals surface area contributed by atoms with Crippen molar-refractivity contribution in [1.82, 2.24) is 14.8 Å². The maximum absolute atomic E-state index is 12.4. The lowest BCUT2D eigenvalue weighted by Gasteiger charge is -2.11. The minimum Gasteiger partial charge on any atom is -0.490 e. The van der Waals surface area contributed by atoms with Gasteiger partial charge in [0.2, 0.25) is 5.91 Å². The van der Waals surface area contributed by atoms with Gasteiger partial charge < -0.3 is 14.8 Å². The van der Waals surface area contributed by atoms with Crippen molar-refractivity contribution in [2.45, 2.75) is 30.5 Å². The van der Waals surface area contributed by atoms with Crippen LogP contribution in [0.15, 0.2) is 47.6 Å². The Bertz CT molecular complexity index is 1100. The Labute approximate surface area is 189 Å². The molecule has 7 nitrogen and oxygen atoms in total. The lowest BCUT2D eigenvalue weighted by Crippen LogP contribution is -2.14. The first-order chi connectivity index (χ1) is 15.2. The summed E-state index contributed by atoms with van der Waals surface area (Å²) < 4.78 is 13.7. The van der Waals surface area contributed by atoms with Crippen LogP contribution in [0, 0.1) is 0 Å². The molecule has 0 radical (unpaired) electrons. The summed E-state index contributed by atoms with van der Waals surface area (Å²) in [5.41, 5.74) is 1.65. The molecule has 160 valence electrons. The molecule has 2 heterocycles. The Kier molecular flexibility index (Phi) is 5.74. The van der Waals surface area contributed by atoms with Crippen LogP contribution in [0.5, 0.6) is 11.5 Å². The van der Waals surface area contributed by atoms with Crippen molar-refractivity contribution in [2.24, 2.45) is 0 Å². The van der Waals surface area contributed by atoms with Crippen LogP contribution in [-0.4, -0.2) is 39.6 Å². The van der Waals surface area contributed by atoms with Crippen LogP contribution in [0.1, 0.15) is 25.3 Å². The summed E-state index contributed by atoms with van der Waals surface area (Å²) in [6, 6.07) is 13.3. The highest BCUT2D eigenvalue weighted by atomic mass is 35.5. The molecule has 1 aromatic heterocycles. The van der Waals surface area contributed by atoms with Gasteiger partial charge in [0.25, 0.3) is 0 Å². The maximum Gasteiger partial charge on any atom is 0.234 e. The molecule has 0 atom stereocenters. The topological polar surface area (TPSA) is 78.3 Å². The largest absolute Gasteiger partial charge is 0.490 e. The number of fused-ring (bicyclic) bond motifs is 1. The molecule has 1 aliphatic heterocycles. The van der Waals surface area contributed by atoms with Gasteiger partial charge in [-0.2, -0.15) is 0 Å². The first-order valence-electron chi connectivity index (χ1n) is 10.2. The normalized spacial score (nSPS) is 15.4. The SMILES string of the molecule is O=C(CSc1nnc(-c2ccc3c(c2)OCCCO3)n1C1CC1)Nc1ccc(Cl)cc1. The average molecular weight is 457 g/mol. The van der Waals surface area contributed by atoms with E-state index < -0.39 is 0 Å². The van der Waals surface area contributed by atoms with Crippen molar-refractivity contribution in [3.8, 4) is 22.9 Å². The molecule has 1 fully saturated rings. The Balaban J connectivity index is 1.32. The van der Waals surface area contributed by atoms with E-state index in [1.54, 1.807) is 24.3 Å². The van der Waals surface area contributed by atoms with Gasteiger partial charge in [0.15, 0.2) is 22.5 Å². The smallest absolute Gasteiger partial charge is 0.234 e. The second-order valence-corrected chi connectivity index (χ2v) is 8.84. The number of carbonyl (C=O) groups is 1. The number of halogens is 1. The number of benzene rings is 2. The molecular formula is C22H21ClN4O3S. The number of anilines is 1. The summed E-state index contributed by atoms with van der Waals surface area (Å²) >= 11 is 7.28. The third-order valence-corrected chi connectivity index (χ3v) is 6.24. The summed E-state index contributed by atoms with van der Waals surface area (Å²) in [6.45, 7) is 1.29. The number of ether oxygens (including phenoxy) is 2. The zero-order valence-electron chi connectivity index (χ0n) is 16.7. The first-order valence-corrected chi connectivity index (χ1v) is 11.6. The highest BCUT2D eigenvalue weighted by Gasteiger charge is 2.30. The van der Waals surface area contributed by atoms with Crippen LogP contribution in [0.4, 0.5) is 5.69 Å². The standard InChI is InChI=1S/C22H21ClN4O3S/c23-15-3-5-16(6-4-15)24-20(28)13-31-22-26-25-21(27(22)17-7-8-17)14-2-9-18-19(12-14)30-11-1-10-29-18/h2-6,9,12,17H,1,7-8,10-11,13H2,(H,24,28). The molecular weight excluding hydrogens is 436 g/mol. The first kappa shape index (κ1) is 20.2. The molecule has 3 aromatic rings. The Hall–Kier alpha value is -2.71. The van der Waals surface area contributed by atoms with Gasteiger partial charge in [-0.05, 0) is 55.3 Å². The van der Waals surface area contributed by atoms with Gasteiger partial charge in [0, 0.05) is 28.7 Å². The molecule has 1 aliphatic carbocycles. The number of nitrogens with zero attached hydrogens (tertiary/aromatic N) is 3.